The minimum atomic E-state index is -3.15. The number of hydrogen-bond acceptors (Lipinski definition) is 7. The number of oxazole rings is 1. The van der Waals surface area contributed by atoms with Crippen LogP contribution >= 0.6 is 0 Å². The van der Waals surface area contributed by atoms with E-state index in [1.54, 1.807) is 37.3 Å². The molecule has 0 unspecified atom stereocenters. The summed E-state index contributed by atoms with van der Waals surface area (Å²) < 4.78 is 38.2. The van der Waals surface area contributed by atoms with Crippen molar-refractivity contribution in [2.24, 2.45) is 5.73 Å². The fourth-order valence-corrected chi connectivity index (χ4v) is 3.26. The van der Waals surface area contributed by atoms with Gasteiger partial charge in [-0.15, -0.1) is 0 Å². The smallest absolute Gasteiger partial charge is 0.407 e. The standard InChI is InChI=1S/C18H21F2N3O3.C5H9NO3/c1-2-14(15(24)17-22-8-9-26-17)23-16(25)13(21)11-18(19,20)10-12-6-4-3-5-7-12;7-5(8)6-1-3-9-4-2-6/h3-9,13-14H,2,10-11,21H2,1H3,(H,23,25);1-4H2,(H,7,8)/t13-,14-;/m0./s1. The second kappa shape index (κ2) is 13.5. The number of halogens is 2. The van der Waals surface area contributed by atoms with Crippen molar-refractivity contribution in [1.29, 1.82) is 0 Å². The van der Waals surface area contributed by atoms with Crippen LogP contribution in [0.15, 0.2) is 47.2 Å². The second-order valence-corrected chi connectivity index (χ2v) is 7.88. The van der Waals surface area contributed by atoms with E-state index < -0.39 is 48.6 Å². The van der Waals surface area contributed by atoms with Gasteiger partial charge in [0.25, 0.3) is 11.8 Å². The minimum Gasteiger partial charge on any atom is -0.465 e. The van der Waals surface area contributed by atoms with Crippen molar-refractivity contribution in [3.05, 3.63) is 54.2 Å². The van der Waals surface area contributed by atoms with Crippen molar-refractivity contribution in [2.75, 3.05) is 26.3 Å². The summed E-state index contributed by atoms with van der Waals surface area (Å²) in [6.45, 7) is 3.75. The van der Waals surface area contributed by atoms with E-state index >= 15 is 0 Å². The second-order valence-electron chi connectivity index (χ2n) is 7.88. The third-order valence-corrected chi connectivity index (χ3v) is 5.13. The number of nitrogens with one attached hydrogen (secondary N) is 1. The van der Waals surface area contributed by atoms with Gasteiger partial charge < -0.3 is 30.2 Å². The molecule has 35 heavy (non-hydrogen) atoms. The zero-order valence-corrected chi connectivity index (χ0v) is 19.4. The van der Waals surface area contributed by atoms with Gasteiger partial charge in [-0.3, -0.25) is 9.59 Å². The molecule has 1 aromatic heterocycles. The Labute approximate surface area is 201 Å². The number of carboxylic acid groups (broad SMARTS) is 1. The van der Waals surface area contributed by atoms with Crippen molar-refractivity contribution < 1.29 is 37.4 Å². The first-order valence-electron chi connectivity index (χ1n) is 11.1. The van der Waals surface area contributed by atoms with Gasteiger partial charge in [-0.2, -0.15) is 0 Å². The van der Waals surface area contributed by atoms with Crippen LogP contribution in [-0.4, -0.2) is 77.1 Å². The quantitative estimate of drug-likeness (QED) is 0.448. The first kappa shape index (κ1) is 27.9. The van der Waals surface area contributed by atoms with E-state index in [0.29, 0.717) is 31.9 Å². The van der Waals surface area contributed by atoms with Gasteiger partial charge in [-0.05, 0) is 12.0 Å². The van der Waals surface area contributed by atoms with Gasteiger partial charge in [0, 0.05) is 25.9 Å². The molecule has 192 valence electrons. The molecule has 0 bridgehead atoms. The number of amides is 2. The Morgan fingerprint density at radius 2 is 1.89 bits per heavy atom. The molecule has 2 heterocycles. The summed E-state index contributed by atoms with van der Waals surface area (Å²) in [6, 6.07) is 5.85. The lowest BCUT2D eigenvalue weighted by Crippen LogP contribution is -2.50. The minimum absolute atomic E-state index is 0.153. The Hall–Kier alpha value is -3.38. The van der Waals surface area contributed by atoms with Crippen LogP contribution in [0.25, 0.3) is 0 Å². The number of aromatic nitrogens is 1. The van der Waals surface area contributed by atoms with Crippen LogP contribution < -0.4 is 11.1 Å². The summed E-state index contributed by atoms with van der Waals surface area (Å²) >= 11 is 0. The fraction of sp³-hybridized carbons (Fsp3) is 0.478. The number of hydrogen-bond donors (Lipinski definition) is 3. The number of Topliss-reactive ketones (excluding diaryl/α,β-unsaturated/α-hetero) is 1. The van der Waals surface area contributed by atoms with Crippen LogP contribution in [0.2, 0.25) is 0 Å². The first-order valence-corrected chi connectivity index (χ1v) is 11.1. The topological polar surface area (TPSA) is 148 Å². The van der Waals surface area contributed by atoms with E-state index in [-0.39, 0.29) is 12.3 Å². The molecule has 10 nitrogen and oxygen atoms in total. The molecule has 0 radical (unpaired) electrons. The fourth-order valence-electron chi connectivity index (χ4n) is 3.26. The lowest BCUT2D eigenvalue weighted by atomic mass is 10.00. The summed E-state index contributed by atoms with van der Waals surface area (Å²) in [6.07, 6.45) is 0.604. The van der Waals surface area contributed by atoms with Crippen LogP contribution in [0.4, 0.5) is 13.6 Å². The summed E-state index contributed by atoms with van der Waals surface area (Å²) in [4.78, 5) is 39.6. The van der Waals surface area contributed by atoms with Gasteiger partial charge in [0.05, 0.1) is 31.5 Å². The van der Waals surface area contributed by atoms with E-state index in [0.717, 1.165) is 0 Å². The summed E-state index contributed by atoms with van der Waals surface area (Å²) in [5.41, 5.74) is 6.09. The van der Waals surface area contributed by atoms with E-state index in [1.165, 1.54) is 17.4 Å². The zero-order chi connectivity index (χ0) is 25.8. The van der Waals surface area contributed by atoms with Gasteiger partial charge in [0.2, 0.25) is 11.7 Å². The Morgan fingerprint density at radius 3 is 2.40 bits per heavy atom. The predicted molar refractivity (Wildman–Crippen MR) is 121 cm³/mol. The third-order valence-electron chi connectivity index (χ3n) is 5.13. The maximum absolute atomic E-state index is 14.2. The Kier molecular flexibility index (Phi) is 10.7. The number of carbonyl (C=O) groups excluding carboxylic acids is 2. The Balaban J connectivity index is 0.000000402. The largest absolute Gasteiger partial charge is 0.465 e. The van der Waals surface area contributed by atoms with Crippen LogP contribution in [0.3, 0.4) is 0 Å². The van der Waals surface area contributed by atoms with Gasteiger partial charge in [0.15, 0.2) is 0 Å². The van der Waals surface area contributed by atoms with Crippen molar-refractivity contribution in [3.63, 3.8) is 0 Å². The number of carbonyl (C=O) groups is 3. The molecule has 2 atom stereocenters. The van der Waals surface area contributed by atoms with Gasteiger partial charge in [-0.1, -0.05) is 37.3 Å². The molecule has 0 saturated carbocycles. The molecule has 1 aliphatic rings. The third kappa shape index (κ3) is 9.41. The predicted octanol–water partition coefficient (Wildman–Crippen LogP) is 2.34. The number of benzene rings is 1. The number of alkyl halides is 2. The number of morpholine rings is 1. The van der Waals surface area contributed by atoms with Crippen molar-refractivity contribution in [2.45, 2.75) is 44.2 Å². The zero-order valence-electron chi connectivity index (χ0n) is 19.4. The SMILES string of the molecule is CC[C@H](NC(=O)[C@@H](N)CC(F)(F)Cc1ccccc1)C(=O)c1ncco1.O=C(O)N1CCOCC1. The molecule has 0 aliphatic carbocycles. The first-order chi connectivity index (χ1) is 16.6. The molecule has 12 heteroatoms. The lowest BCUT2D eigenvalue weighted by molar-refractivity contribution is -0.125. The highest BCUT2D eigenvalue weighted by Crippen LogP contribution is 2.25. The average Bonchev–Trinajstić information content (AvgIpc) is 3.38. The number of nitrogens with zero attached hydrogens (tertiary/aromatic N) is 2. The molecule has 1 aromatic carbocycles. The number of rotatable bonds is 9. The maximum atomic E-state index is 14.2. The Bertz CT molecular complexity index is 937. The van der Waals surface area contributed by atoms with Crippen molar-refractivity contribution >= 4 is 17.8 Å². The molecule has 2 amide bonds. The number of ether oxygens (including phenoxy) is 1. The van der Waals surface area contributed by atoms with Gasteiger partial charge in [-0.25, -0.2) is 18.6 Å². The molecule has 1 aliphatic heterocycles. The molecule has 2 aromatic rings. The highest BCUT2D eigenvalue weighted by molar-refractivity contribution is 5.99. The van der Waals surface area contributed by atoms with E-state index in [1.807, 2.05) is 0 Å². The van der Waals surface area contributed by atoms with Gasteiger partial charge in [0.1, 0.15) is 6.26 Å². The van der Waals surface area contributed by atoms with E-state index in [4.69, 9.17) is 20.0 Å². The Morgan fingerprint density at radius 1 is 1.23 bits per heavy atom. The molecule has 1 saturated heterocycles. The lowest BCUT2D eigenvalue weighted by Gasteiger charge is -2.23. The van der Waals surface area contributed by atoms with Crippen molar-refractivity contribution in [3.8, 4) is 0 Å². The highest BCUT2D eigenvalue weighted by Gasteiger charge is 2.35. The number of ketones is 1. The normalized spacial score (nSPS) is 15.4. The molecule has 1 fully saturated rings. The van der Waals surface area contributed by atoms with E-state index in [2.05, 4.69) is 10.3 Å². The van der Waals surface area contributed by atoms with Crippen LogP contribution in [0.5, 0.6) is 0 Å². The summed E-state index contributed by atoms with van der Waals surface area (Å²) in [5, 5.41) is 10.8. The van der Waals surface area contributed by atoms with E-state index in [9.17, 15) is 23.2 Å². The van der Waals surface area contributed by atoms with Crippen LogP contribution in [0.1, 0.15) is 36.0 Å². The molecular weight excluding hydrogens is 466 g/mol. The molecule has 0 spiro atoms. The van der Waals surface area contributed by atoms with Crippen molar-refractivity contribution in [1.82, 2.24) is 15.2 Å². The van der Waals surface area contributed by atoms with Crippen LogP contribution in [-0.2, 0) is 16.0 Å². The average molecular weight is 497 g/mol. The molecule has 3 rings (SSSR count). The maximum Gasteiger partial charge on any atom is 0.407 e. The highest BCUT2D eigenvalue weighted by atomic mass is 19.3. The molecular formula is C23H30F2N4O6. The van der Waals surface area contributed by atoms with Gasteiger partial charge >= 0.3 is 6.09 Å². The van der Waals surface area contributed by atoms with Crippen LogP contribution in [0, 0.1) is 0 Å². The summed E-state index contributed by atoms with van der Waals surface area (Å²) in [7, 11) is 0. The number of nitrogens with two attached hydrogens (primary N) is 1. The summed E-state index contributed by atoms with van der Waals surface area (Å²) in [5.74, 6) is -4.65. The molecule has 4 N–H and O–H groups in total. The monoisotopic (exact) mass is 496 g/mol.